The summed E-state index contributed by atoms with van der Waals surface area (Å²) in [5.74, 6) is -0.482. The maximum absolute atomic E-state index is 12.1. The first kappa shape index (κ1) is 15.5. The Morgan fingerprint density at radius 1 is 1.30 bits per heavy atom. The predicted octanol–water partition coefficient (Wildman–Crippen LogP) is 3.27. The summed E-state index contributed by atoms with van der Waals surface area (Å²) >= 11 is 7.33. The van der Waals surface area contributed by atoms with E-state index in [-0.39, 0.29) is 5.69 Å². The van der Waals surface area contributed by atoms with Gasteiger partial charge in [-0.25, -0.2) is 4.98 Å². The molecule has 0 aliphatic rings. The maximum atomic E-state index is 12.1. The summed E-state index contributed by atoms with van der Waals surface area (Å²) in [6, 6.07) is 12.2. The molecule has 0 bridgehead atoms. The van der Waals surface area contributed by atoms with Crippen LogP contribution in [0.25, 0.3) is 0 Å². The highest BCUT2D eigenvalue weighted by molar-refractivity contribution is 7.15. The van der Waals surface area contributed by atoms with Crippen LogP contribution in [0.2, 0.25) is 5.02 Å². The van der Waals surface area contributed by atoms with Crippen LogP contribution in [0.1, 0.15) is 20.9 Å². The van der Waals surface area contributed by atoms with E-state index in [9.17, 15) is 10.0 Å². The van der Waals surface area contributed by atoms with Gasteiger partial charge in [0, 0.05) is 34.7 Å². The zero-order valence-corrected chi connectivity index (χ0v) is 13.5. The van der Waals surface area contributed by atoms with Crippen molar-refractivity contribution in [1.29, 1.82) is 0 Å². The van der Waals surface area contributed by atoms with E-state index in [0.717, 1.165) is 10.4 Å². The van der Waals surface area contributed by atoms with Crippen LogP contribution in [-0.2, 0) is 6.42 Å². The van der Waals surface area contributed by atoms with Gasteiger partial charge in [-0.1, -0.05) is 23.7 Å². The summed E-state index contributed by atoms with van der Waals surface area (Å²) in [5, 5.41) is 15.3. The van der Waals surface area contributed by atoms with Crippen molar-refractivity contribution in [3.63, 3.8) is 0 Å². The molecular formula is C16H12ClN3O2S. The fourth-order valence-corrected chi connectivity index (χ4v) is 3.11. The average molecular weight is 346 g/mol. The maximum Gasteiger partial charge on any atom is 0.323 e. The fourth-order valence-electron chi connectivity index (χ4n) is 2.06. The molecule has 1 amide bonds. The number of hydrogen-bond acceptors (Lipinski definition) is 4. The average Bonchev–Trinajstić information content (AvgIpc) is 2.94. The van der Waals surface area contributed by atoms with E-state index in [2.05, 4.69) is 10.3 Å². The van der Waals surface area contributed by atoms with Crippen LogP contribution in [0.3, 0.4) is 0 Å². The molecule has 0 fully saturated rings. The topological polar surface area (TPSA) is 68.9 Å². The number of pyridine rings is 1. The molecule has 23 heavy (non-hydrogen) atoms. The summed E-state index contributed by atoms with van der Waals surface area (Å²) in [4.78, 5) is 17.2. The zero-order valence-electron chi connectivity index (χ0n) is 11.9. The molecule has 0 radical (unpaired) electrons. The summed E-state index contributed by atoms with van der Waals surface area (Å²) in [7, 11) is 0. The summed E-state index contributed by atoms with van der Waals surface area (Å²) in [6.07, 6.45) is 3.67. The highest BCUT2D eigenvalue weighted by Gasteiger charge is 2.16. The first-order chi connectivity index (χ1) is 11.1. The zero-order chi connectivity index (χ0) is 16.2. The number of nitrogens with zero attached hydrogens (tertiary/aromatic N) is 2. The number of nitrogens with one attached hydrogen (secondary N) is 1. The molecule has 0 atom stereocenters. The molecule has 7 heteroatoms. The molecule has 0 unspecified atom stereocenters. The fraction of sp³-hybridized carbons (Fsp3) is 0.0625. The number of hydrogen-bond donors (Lipinski definition) is 1. The largest absolute Gasteiger partial charge is 0.618 e. The van der Waals surface area contributed by atoms with E-state index >= 15 is 0 Å². The Morgan fingerprint density at radius 3 is 2.96 bits per heavy atom. The van der Waals surface area contributed by atoms with Gasteiger partial charge >= 0.3 is 5.91 Å². The molecule has 2 heterocycles. The Bertz CT molecular complexity index is 851. The summed E-state index contributed by atoms with van der Waals surface area (Å²) < 4.78 is 0.524. The lowest BCUT2D eigenvalue weighted by Crippen LogP contribution is -2.36. The van der Waals surface area contributed by atoms with Crippen molar-refractivity contribution in [2.75, 3.05) is 5.32 Å². The third-order valence-corrected chi connectivity index (χ3v) is 4.25. The molecule has 116 valence electrons. The van der Waals surface area contributed by atoms with Crippen molar-refractivity contribution in [2.24, 2.45) is 0 Å². The summed E-state index contributed by atoms with van der Waals surface area (Å²) in [6.45, 7) is 0. The van der Waals surface area contributed by atoms with Crippen molar-refractivity contribution in [1.82, 2.24) is 4.98 Å². The Kier molecular flexibility index (Phi) is 4.55. The minimum Gasteiger partial charge on any atom is -0.618 e. The van der Waals surface area contributed by atoms with Gasteiger partial charge in [-0.2, -0.15) is 4.73 Å². The monoisotopic (exact) mass is 345 g/mol. The van der Waals surface area contributed by atoms with Crippen molar-refractivity contribution in [2.45, 2.75) is 6.42 Å². The van der Waals surface area contributed by atoms with Crippen molar-refractivity contribution >= 4 is 34.0 Å². The number of carbonyl (C=O) groups is 1. The van der Waals surface area contributed by atoms with Crippen LogP contribution in [0.15, 0.2) is 54.9 Å². The van der Waals surface area contributed by atoms with Crippen LogP contribution < -0.4 is 10.0 Å². The highest BCUT2D eigenvalue weighted by Crippen LogP contribution is 2.22. The van der Waals surface area contributed by atoms with Crippen LogP contribution >= 0.6 is 22.9 Å². The van der Waals surface area contributed by atoms with Gasteiger partial charge in [0.2, 0.25) is 0 Å². The second-order valence-electron chi connectivity index (χ2n) is 4.80. The first-order valence-electron chi connectivity index (χ1n) is 6.80. The lowest BCUT2D eigenvalue weighted by molar-refractivity contribution is -0.607. The Morgan fingerprint density at radius 2 is 2.17 bits per heavy atom. The lowest BCUT2D eigenvalue weighted by atomic mass is 10.1. The molecule has 2 aromatic heterocycles. The molecule has 3 rings (SSSR count). The van der Waals surface area contributed by atoms with Gasteiger partial charge in [0.05, 0.1) is 0 Å². The molecule has 1 aromatic carbocycles. The molecule has 0 aliphatic carbocycles. The molecule has 5 nitrogen and oxygen atoms in total. The number of amides is 1. The van der Waals surface area contributed by atoms with Crippen molar-refractivity contribution in [3.05, 3.63) is 81.2 Å². The second kappa shape index (κ2) is 6.76. The molecule has 0 aliphatic heterocycles. The van der Waals surface area contributed by atoms with Crippen LogP contribution in [-0.4, -0.2) is 10.9 Å². The van der Waals surface area contributed by atoms with E-state index in [1.54, 1.807) is 18.3 Å². The number of aromatic nitrogens is 2. The number of thiazole rings is 1. The Hall–Kier alpha value is -2.44. The van der Waals surface area contributed by atoms with Crippen LogP contribution in [0.5, 0.6) is 0 Å². The number of benzene rings is 1. The molecule has 0 saturated heterocycles. The smallest absolute Gasteiger partial charge is 0.323 e. The molecule has 1 N–H and O–H groups in total. The number of carbonyl (C=O) groups excluding carboxylic acids is 1. The minimum atomic E-state index is -0.482. The molecular weight excluding hydrogens is 334 g/mol. The van der Waals surface area contributed by atoms with Gasteiger partial charge in [-0.05, 0) is 23.8 Å². The van der Waals surface area contributed by atoms with E-state index in [4.69, 9.17) is 11.6 Å². The quantitative estimate of drug-likeness (QED) is 0.582. The third kappa shape index (κ3) is 3.85. The summed E-state index contributed by atoms with van der Waals surface area (Å²) in [5.41, 5.74) is 1.10. The normalized spacial score (nSPS) is 10.5. The van der Waals surface area contributed by atoms with E-state index in [1.165, 1.54) is 23.6 Å². The van der Waals surface area contributed by atoms with E-state index in [1.807, 2.05) is 24.3 Å². The van der Waals surface area contributed by atoms with Crippen LogP contribution in [0.4, 0.5) is 5.13 Å². The number of rotatable bonds is 4. The number of anilines is 1. The SMILES string of the molecule is O=C(Nc1ncc(Cc2cccc(Cl)c2)s1)c1cccc[n+]1[O-]. The third-order valence-electron chi connectivity index (χ3n) is 3.10. The molecule has 0 spiro atoms. The molecule has 0 saturated carbocycles. The van der Waals surface area contributed by atoms with Gasteiger partial charge < -0.3 is 5.21 Å². The molecule has 3 aromatic rings. The Balaban J connectivity index is 1.70. The first-order valence-corrected chi connectivity index (χ1v) is 8.00. The van der Waals surface area contributed by atoms with Gasteiger partial charge in [-0.3, -0.25) is 10.1 Å². The minimum absolute atomic E-state index is 0.0269. The lowest BCUT2D eigenvalue weighted by Gasteiger charge is -2.02. The van der Waals surface area contributed by atoms with Gasteiger partial charge in [0.1, 0.15) is 0 Å². The van der Waals surface area contributed by atoms with E-state index < -0.39 is 5.91 Å². The Labute approximate surface area is 141 Å². The van der Waals surface area contributed by atoms with Crippen molar-refractivity contribution in [3.8, 4) is 0 Å². The van der Waals surface area contributed by atoms with Gasteiger partial charge in [0.25, 0.3) is 5.69 Å². The van der Waals surface area contributed by atoms with Crippen LogP contribution in [0, 0.1) is 5.21 Å². The highest BCUT2D eigenvalue weighted by atomic mass is 35.5. The van der Waals surface area contributed by atoms with Crippen molar-refractivity contribution < 1.29 is 9.52 Å². The van der Waals surface area contributed by atoms with Gasteiger partial charge in [0.15, 0.2) is 11.3 Å². The second-order valence-corrected chi connectivity index (χ2v) is 6.36. The predicted molar refractivity (Wildman–Crippen MR) is 89.7 cm³/mol. The standard InChI is InChI=1S/C16H12ClN3O2S/c17-12-5-3-4-11(8-12)9-13-10-18-16(23-13)19-15(21)14-6-1-2-7-20(14)22/h1-8,10H,9H2,(H,18,19,21). The number of halogens is 1. The van der Waals surface area contributed by atoms with E-state index in [0.29, 0.717) is 21.3 Å². The van der Waals surface area contributed by atoms with Gasteiger partial charge in [-0.15, -0.1) is 11.3 Å².